The smallest absolute Gasteiger partial charge is 0.0349 e. The monoisotopic (exact) mass is 371 g/mol. The predicted molar refractivity (Wildman–Crippen MR) is 116 cm³/mol. The van der Waals surface area contributed by atoms with Gasteiger partial charge < -0.3 is 0 Å². The summed E-state index contributed by atoms with van der Waals surface area (Å²) in [6.07, 6.45) is 7.75. The third kappa shape index (κ3) is 3.52. The average molecular weight is 372 g/mol. The molecule has 2 aliphatic heterocycles. The molecule has 2 unspecified atom stereocenters. The van der Waals surface area contributed by atoms with E-state index in [9.17, 15) is 0 Å². The standard InChI is InChI=1S/C25H25NS/c1-3-8-19(9-4-1)18-26-22-12-7-13-23(26)17-21(16-22)25-15-14-24(27-25)20-10-5-2-6-11-20/h1-6,8-11,14-16,22-23H,7,12-13,17-18H2. The van der Waals surface area contributed by atoms with Crippen molar-refractivity contribution in [2.24, 2.45) is 0 Å². The number of thiophene rings is 1. The first-order valence-electron chi connectivity index (χ1n) is 10.0. The fourth-order valence-corrected chi connectivity index (χ4v) is 5.65. The van der Waals surface area contributed by atoms with Crippen molar-refractivity contribution in [2.45, 2.75) is 44.3 Å². The Morgan fingerprint density at radius 1 is 0.815 bits per heavy atom. The van der Waals surface area contributed by atoms with Gasteiger partial charge in [0.2, 0.25) is 0 Å². The topological polar surface area (TPSA) is 3.24 Å². The molecule has 1 saturated heterocycles. The third-order valence-corrected chi connectivity index (χ3v) is 7.18. The van der Waals surface area contributed by atoms with Crippen LogP contribution in [0.25, 0.3) is 16.0 Å². The fourth-order valence-electron chi connectivity index (χ4n) is 4.61. The van der Waals surface area contributed by atoms with Crippen LogP contribution < -0.4 is 0 Å². The second-order valence-corrected chi connectivity index (χ2v) is 8.82. The number of hydrogen-bond acceptors (Lipinski definition) is 2. The zero-order chi connectivity index (χ0) is 18.1. The molecule has 0 aliphatic carbocycles. The van der Waals surface area contributed by atoms with Crippen LogP contribution in [0.5, 0.6) is 0 Å². The zero-order valence-electron chi connectivity index (χ0n) is 15.6. The molecule has 0 amide bonds. The molecule has 0 saturated carbocycles. The van der Waals surface area contributed by atoms with Gasteiger partial charge in [0.25, 0.3) is 0 Å². The number of nitrogens with zero attached hydrogens (tertiary/aromatic N) is 1. The molecular formula is C25H25NS. The summed E-state index contributed by atoms with van der Waals surface area (Å²) in [6, 6.07) is 27.6. The molecule has 2 atom stereocenters. The van der Waals surface area contributed by atoms with Crippen molar-refractivity contribution in [1.29, 1.82) is 0 Å². The Kier molecular flexibility index (Phi) is 4.69. The Labute approximate surface area is 166 Å². The van der Waals surface area contributed by atoms with Gasteiger partial charge in [0.05, 0.1) is 0 Å². The van der Waals surface area contributed by atoms with Crippen molar-refractivity contribution in [3.63, 3.8) is 0 Å². The van der Waals surface area contributed by atoms with E-state index < -0.39 is 0 Å². The lowest BCUT2D eigenvalue weighted by atomic mass is 9.84. The van der Waals surface area contributed by atoms with Gasteiger partial charge >= 0.3 is 0 Å². The number of piperidine rings is 1. The summed E-state index contributed by atoms with van der Waals surface area (Å²) in [7, 11) is 0. The van der Waals surface area contributed by atoms with Crippen molar-refractivity contribution < 1.29 is 0 Å². The van der Waals surface area contributed by atoms with Crippen LogP contribution in [0.4, 0.5) is 0 Å². The minimum atomic E-state index is 0.593. The SMILES string of the molecule is C1=C(c2ccc(-c3ccccc3)s2)CC2CCCC1N2Cc1ccccc1. The van der Waals surface area contributed by atoms with Gasteiger partial charge in [-0.05, 0) is 48.1 Å². The minimum Gasteiger partial charge on any atom is -0.289 e. The second-order valence-electron chi connectivity index (χ2n) is 7.74. The summed E-state index contributed by atoms with van der Waals surface area (Å²) in [5.41, 5.74) is 4.34. The van der Waals surface area contributed by atoms with Gasteiger partial charge in [0.15, 0.2) is 0 Å². The molecule has 2 heteroatoms. The fraction of sp³-hybridized carbons (Fsp3) is 0.280. The van der Waals surface area contributed by atoms with E-state index in [1.165, 1.54) is 46.6 Å². The molecule has 0 spiro atoms. The van der Waals surface area contributed by atoms with E-state index in [2.05, 4.69) is 83.8 Å². The van der Waals surface area contributed by atoms with E-state index in [-0.39, 0.29) is 0 Å². The van der Waals surface area contributed by atoms with Gasteiger partial charge in [-0.15, -0.1) is 11.3 Å². The number of benzene rings is 2. The Hall–Kier alpha value is -2.16. The molecule has 2 aromatic carbocycles. The molecule has 2 aliphatic rings. The van der Waals surface area contributed by atoms with Gasteiger partial charge in [-0.3, -0.25) is 4.90 Å². The van der Waals surface area contributed by atoms with Crippen LogP contribution in [-0.4, -0.2) is 17.0 Å². The van der Waals surface area contributed by atoms with Gasteiger partial charge in [-0.1, -0.05) is 73.2 Å². The van der Waals surface area contributed by atoms with Crippen molar-refractivity contribution in [3.8, 4) is 10.4 Å². The van der Waals surface area contributed by atoms with E-state index in [4.69, 9.17) is 0 Å². The predicted octanol–water partition coefficient (Wildman–Crippen LogP) is 6.63. The molecule has 27 heavy (non-hydrogen) atoms. The van der Waals surface area contributed by atoms with Crippen molar-refractivity contribution in [2.75, 3.05) is 0 Å². The maximum absolute atomic E-state index is 2.74. The van der Waals surface area contributed by atoms with Crippen LogP contribution in [0.3, 0.4) is 0 Å². The lowest BCUT2D eigenvalue weighted by molar-refractivity contribution is 0.0952. The van der Waals surface area contributed by atoms with Crippen LogP contribution >= 0.6 is 11.3 Å². The van der Waals surface area contributed by atoms with E-state index in [0.29, 0.717) is 12.1 Å². The van der Waals surface area contributed by atoms with E-state index in [1.807, 2.05) is 11.3 Å². The minimum absolute atomic E-state index is 0.593. The molecule has 0 radical (unpaired) electrons. The first-order chi connectivity index (χ1) is 13.4. The Balaban J connectivity index is 1.40. The highest BCUT2D eigenvalue weighted by molar-refractivity contribution is 7.16. The van der Waals surface area contributed by atoms with Crippen molar-refractivity contribution in [1.82, 2.24) is 4.90 Å². The van der Waals surface area contributed by atoms with Crippen LogP contribution in [-0.2, 0) is 6.54 Å². The first-order valence-corrected chi connectivity index (χ1v) is 10.8. The normalized spacial score (nSPS) is 22.4. The second kappa shape index (κ2) is 7.46. The van der Waals surface area contributed by atoms with Crippen LogP contribution in [0.2, 0.25) is 0 Å². The molecule has 2 bridgehead atoms. The summed E-state index contributed by atoms with van der Waals surface area (Å²) in [5.74, 6) is 0. The third-order valence-electron chi connectivity index (χ3n) is 5.97. The summed E-state index contributed by atoms with van der Waals surface area (Å²) in [4.78, 5) is 5.59. The number of rotatable bonds is 4. The highest BCUT2D eigenvalue weighted by Gasteiger charge is 2.34. The molecule has 136 valence electrons. The maximum Gasteiger partial charge on any atom is 0.0349 e. The van der Waals surface area contributed by atoms with Crippen molar-refractivity contribution in [3.05, 3.63) is 89.3 Å². The van der Waals surface area contributed by atoms with E-state index >= 15 is 0 Å². The maximum atomic E-state index is 2.74. The van der Waals surface area contributed by atoms with E-state index in [0.717, 1.165) is 6.54 Å². The lowest BCUT2D eigenvalue weighted by Crippen LogP contribution is -2.47. The van der Waals surface area contributed by atoms with Crippen molar-refractivity contribution >= 4 is 16.9 Å². The van der Waals surface area contributed by atoms with Gasteiger partial charge in [0.1, 0.15) is 0 Å². The lowest BCUT2D eigenvalue weighted by Gasteiger charge is -2.45. The summed E-state index contributed by atoms with van der Waals surface area (Å²) in [6.45, 7) is 1.08. The molecule has 5 rings (SSSR count). The van der Waals surface area contributed by atoms with Gasteiger partial charge in [0, 0.05) is 28.4 Å². The molecule has 0 N–H and O–H groups in total. The Morgan fingerprint density at radius 3 is 2.33 bits per heavy atom. The first kappa shape index (κ1) is 17.0. The average Bonchev–Trinajstić information content (AvgIpc) is 3.20. The van der Waals surface area contributed by atoms with Gasteiger partial charge in [-0.25, -0.2) is 0 Å². The van der Waals surface area contributed by atoms with Crippen LogP contribution in [0.15, 0.2) is 78.9 Å². The highest BCUT2D eigenvalue weighted by Crippen LogP contribution is 2.41. The molecule has 1 aromatic heterocycles. The molecule has 3 aromatic rings. The summed E-state index contributed by atoms with van der Waals surface area (Å²) >= 11 is 1.95. The largest absolute Gasteiger partial charge is 0.289 e. The zero-order valence-corrected chi connectivity index (χ0v) is 16.4. The number of fused-ring (bicyclic) bond motifs is 2. The Bertz CT molecular complexity index is 925. The van der Waals surface area contributed by atoms with E-state index in [1.54, 1.807) is 5.57 Å². The highest BCUT2D eigenvalue weighted by atomic mass is 32.1. The Morgan fingerprint density at radius 2 is 1.56 bits per heavy atom. The molecular weight excluding hydrogens is 346 g/mol. The quantitative estimate of drug-likeness (QED) is 0.498. The van der Waals surface area contributed by atoms with Crippen LogP contribution in [0.1, 0.15) is 36.1 Å². The molecule has 3 heterocycles. The van der Waals surface area contributed by atoms with Crippen LogP contribution in [0, 0.1) is 0 Å². The number of hydrogen-bond donors (Lipinski definition) is 0. The molecule has 1 nitrogen and oxygen atoms in total. The summed E-state index contributed by atoms with van der Waals surface area (Å²) in [5, 5.41) is 0. The summed E-state index contributed by atoms with van der Waals surface area (Å²) < 4.78 is 0. The molecule has 1 fully saturated rings. The van der Waals surface area contributed by atoms with Gasteiger partial charge in [-0.2, -0.15) is 0 Å².